The molecule has 0 N–H and O–H groups in total. The zero-order valence-electron chi connectivity index (χ0n) is 9.28. The standard InChI is InChI=1S/C12H23NS/c1-2-10(9-14)6-13-7-11-4-3-5-12(11)8-13/h10-12,14H,2-9H2,1H3. The van der Waals surface area contributed by atoms with Crippen molar-refractivity contribution >= 4 is 12.6 Å². The van der Waals surface area contributed by atoms with E-state index < -0.39 is 0 Å². The highest BCUT2D eigenvalue weighted by Crippen LogP contribution is 2.37. The number of hydrogen-bond donors (Lipinski definition) is 1. The Morgan fingerprint density at radius 2 is 1.93 bits per heavy atom. The van der Waals surface area contributed by atoms with Crippen molar-refractivity contribution in [2.24, 2.45) is 17.8 Å². The van der Waals surface area contributed by atoms with Gasteiger partial charge in [0, 0.05) is 19.6 Å². The van der Waals surface area contributed by atoms with Gasteiger partial charge in [-0.25, -0.2) is 0 Å². The molecule has 1 saturated heterocycles. The first-order valence-corrected chi connectivity index (χ1v) is 6.80. The monoisotopic (exact) mass is 213 g/mol. The first kappa shape index (κ1) is 10.8. The predicted molar refractivity (Wildman–Crippen MR) is 64.9 cm³/mol. The average molecular weight is 213 g/mol. The molecule has 1 nitrogen and oxygen atoms in total. The van der Waals surface area contributed by atoms with Gasteiger partial charge < -0.3 is 4.90 Å². The fourth-order valence-corrected chi connectivity index (χ4v) is 3.54. The minimum Gasteiger partial charge on any atom is -0.302 e. The van der Waals surface area contributed by atoms with Crippen LogP contribution < -0.4 is 0 Å². The van der Waals surface area contributed by atoms with Gasteiger partial charge in [0.25, 0.3) is 0 Å². The molecule has 1 aliphatic carbocycles. The second-order valence-electron chi connectivity index (χ2n) is 5.13. The Kier molecular flexibility index (Phi) is 3.78. The molecular weight excluding hydrogens is 190 g/mol. The molecule has 1 aliphatic heterocycles. The molecular formula is C12H23NS. The van der Waals surface area contributed by atoms with Crippen molar-refractivity contribution in [3.63, 3.8) is 0 Å². The van der Waals surface area contributed by atoms with Crippen molar-refractivity contribution in [2.75, 3.05) is 25.4 Å². The number of rotatable bonds is 4. The van der Waals surface area contributed by atoms with Gasteiger partial charge in [-0.15, -0.1) is 0 Å². The zero-order chi connectivity index (χ0) is 9.97. The number of hydrogen-bond acceptors (Lipinski definition) is 2. The lowest BCUT2D eigenvalue weighted by molar-refractivity contribution is 0.267. The lowest BCUT2D eigenvalue weighted by Gasteiger charge is -2.22. The van der Waals surface area contributed by atoms with Crippen molar-refractivity contribution in [3.8, 4) is 0 Å². The fraction of sp³-hybridized carbons (Fsp3) is 1.00. The van der Waals surface area contributed by atoms with Gasteiger partial charge in [-0.1, -0.05) is 19.8 Å². The molecule has 2 aliphatic rings. The Labute approximate surface area is 93.7 Å². The van der Waals surface area contributed by atoms with E-state index in [1.165, 1.54) is 45.3 Å². The first-order valence-electron chi connectivity index (χ1n) is 6.16. The summed E-state index contributed by atoms with van der Waals surface area (Å²) in [5.41, 5.74) is 0. The van der Waals surface area contributed by atoms with E-state index in [0.29, 0.717) is 0 Å². The molecule has 0 bridgehead atoms. The summed E-state index contributed by atoms with van der Waals surface area (Å²) in [6, 6.07) is 0. The molecule has 2 heteroatoms. The van der Waals surface area contributed by atoms with Gasteiger partial charge in [-0.2, -0.15) is 12.6 Å². The third-order valence-electron chi connectivity index (χ3n) is 4.15. The van der Waals surface area contributed by atoms with Crippen LogP contribution in [0.5, 0.6) is 0 Å². The van der Waals surface area contributed by atoms with Crippen LogP contribution in [0.25, 0.3) is 0 Å². The average Bonchev–Trinajstić information content (AvgIpc) is 2.73. The van der Waals surface area contributed by atoms with E-state index in [-0.39, 0.29) is 0 Å². The second kappa shape index (κ2) is 4.89. The SMILES string of the molecule is CCC(CS)CN1CC2CCCC2C1. The van der Waals surface area contributed by atoms with Crippen LogP contribution in [0.2, 0.25) is 0 Å². The molecule has 0 radical (unpaired) electrons. The third-order valence-corrected chi connectivity index (χ3v) is 4.67. The molecule has 1 heterocycles. The van der Waals surface area contributed by atoms with E-state index in [4.69, 9.17) is 0 Å². The van der Waals surface area contributed by atoms with E-state index in [0.717, 1.165) is 23.5 Å². The summed E-state index contributed by atoms with van der Waals surface area (Å²) in [5, 5.41) is 0. The van der Waals surface area contributed by atoms with Crippen molar-refractivity contribution in [2.45, 2.75) is 32.6 Å². The minimum atomic E-state index is 0.817. The molecule has 1 saturated carbocycles. The van der Waals surface area contributed by atoms with Crippen LogP contribution in [0.4, 0.5) is 0 Å². The van der Waals surface area contributed by atoms with Gasteiger partial charge in [0.15, 0.2) is 0 Å². The van der Waals surface area contributed by atoms with Gasteiger partial charge >= 0.3 is 0 Å². The highest BCUT2D eigenvalue weighted by molar-refractivity contribution is 7.80. The molecule has 3 atom stereocenters. The molecule has 82 valence electrons. The van der Waals surface area contributed by atoms with E-state index in [1.807, 2.05) is 0 Å². The van der Waals surface area contributed by atoms with Crippen LogP contribution in [-0.4, -0.2) is 30.3 Å². The van der Waals surface area contributed by atoms with Gasteiger partial charge in [0.2, 0.25) is 0 Å². The Balaban J connectivity index is 1.78. The van der Waals surface area contributed by atoms with E-state index >= 15 is 0 Å². The van der Waals surface area contributed by atoms with E-state index in [2.05, 4.69) is 24.5 Å². The summed E-state index contributed by atoms with van der Waals surface area (Å²) in [6.07, 6.45) is 5.78. The zero-order valence-corrected chi connectivity index (χ0v) is 10.2. The van der Waals surface area contributed by atoms with Crippen LogP contribution in [0.1, 0.15) is 32.6 Å². The third kappa shape index (κ3) is 2.27. The van der Waals surface area contributed by atoms with Gasteiger partial charge in [-0.3, -0.25) is 0 Å². The van der Waals surface area contributed by atoms with Crippen LogP contribution in [-0.2, 0) is 0 Å². The Morgan fingerprint density at radius 3 is 2.43 bits per heavy atom. The van der Waals surface area contributed by atoms with Gasteiger partial charge in [-0.05, 0) is 36.3 Å². The van der Waals surface area contributed by atoms with E-state index in [1.54, 1.807) is 0 Å². The van der Waals surface area contributed by atoms with Crippen LogP contribution >= 0.6 is 12.6 Å². The molecule has 2 fully saturated rings. The summed E-state index contributed by atoms with van der Waals surface area (Å²) in [5.74, 6) is 3.97. The minimum absolute atomic E-state index is 0.817. The maximum atomic E-state index is 4.42. The highest BCUT2D eigenvalue weighted by Gasteiger charge is 2.36. The fourth-order valence-electron chi connectivity index (χ4n) is 3.16. The summed E-state index contributed by atoms with van der Waals surface area (Å²) in [7, 11) is 0. The molecule has 2 rings (SSSR count). The molecule has 0 spiro atoms. The Hall–Kier alpha value is 0.310. The lowest BCUT2D eigenvalue weighted by atomic mass is 10.0. The van der Waals surface area contributed by atoms with Gasteiger partial charge in [0.05, 0.1) is 0 Å². The molecule has 0 aromatic heterocycles. The first-order chi connectivity index (χ1) is 6.83. The molecule has 3 unspecified atom stereocenters. The Bertz CT molecular complexity index is 167. The summed E-state index contributed by atoms with van der Waals surface area (Å²) in [6.45, 7) is 6.36. The van der Waals surface area contributed by atoms with Crippen LogP contribution in [0.3, 0.4) is 0 Å². The molecule has 14 heavy (non-hydrogen) atoms. The maximum Gasteiger partial charge on any atom is 0.00176 e. The maximum absolute atomic E-state index is 4.42. The highest BCUT2D eigenvalue weighted by atomic mass is 32.1. The normalized spacial score (nSPS) is 34.7. The summed E-state index contributed by atoms with van der Waals surface area (Å²) < 4.78 is 0. The summed E-state index contributed by atoms with van der Waals surface area (Å²) in [4.78, 5) is 2.69. The number of thiol groups is 1. The number of likely N-dealkylation sites (tertiary alicyclic amines) is 1. The van der Waals surface area contributed by atoms with Crippen molar-refractivity contribution < 1.29 is 0 Å². The topological polar surface area (TPSA) is 3.24 Å². The molecule has 0 aromatic rings. The van der Waals surface area contributed by atoms with Crippen LogP contribution in [0, 0.1) is 17.8 Å². The van der Waals surface area contributed by atoms with Gasteiger partial charge in [0.1, 0.15) is 0 Å². The number of nitrogens with zero attached hydrogens (tertiary/aromatic N) is 1. The van der Waals surface area contributed by atoms with Crippen LogP contribution in [0.15, 0.2) is 0 Å². The smallest absolute Gasteiger partial charge is 0.00176 e. The lowest BCUT2D eigenvalue weighted by Crippen LogP contribution is -2.28. The van der Waals surface area contributed by atoms with Crippen molar-refractivity contribution in [1.82, 2.24) is 4.90 Å². The quantitative estimate of drug-likeness (QED) is 0.703. The number of fused-ring (bicyclic) bond motifs is 1. The Morgan fingerprint density at radius 1 is 1.29 bits per heavy atom. The van der Waals surface area contributed by atoms with Crippen molar-refractivity contribution in [3.05, 3.63) is 0 Å². The predicted octanol–water partition coefficient (Wildman–Crippen LogP) is 2.67. The summed E-state index contributed by atoms with van der Waals surface area (Å²) >= 11 is 4.42. The second-order valence-corrected chi connectivity index (χ2v) is 5.49. The van der Waals surface area contributed by atoms with E-state index in [9.17, 15) is 0 Å². The molecule has 0 amide bonds. The molecule has 0 aromatic carbocycles. The largest absolute Gasteiger partial charge is 0.302 e. The van der Waals surface area contributed by atoms with Crippen molar-refractivity contribution in [1.29, 1.82) is 0 Å².